The average Bonchev–Trinajstić information content (AvgIpc) is 3.33. The van der Waals surface area contributed by atoms with E-state index in [0.717, 1.165) is 78.0 Å². The Morgan fingerprint density at radius 1 is 0.894 bits per heavy atom. The van der Waals surface area contributed by atoms with Crippen LogP contribution < -0.4 is 9.47 Å². The van der Waals surface area contributed by atoms with Crippen molar-refractivity contribution in [2.45, 2.75) is 152 Å². The van der Waals surface area contributed by atoms with Crippen LogP contribution in [0.2, 0.25) is 0 Å². The summed E-state index contributed by atoms with van der Waals surface area (Å²) in [6, 6.07) is 19.8. The first-order chi connectivity index (χ1) is 32.3. The third-order valence-electron chi connectivity index (χ3n) is 13.7. The number of carbonyl (C=O) groups excluding carboxylic acids is 1. The van der Waals surface area contributed by atoms with Crippen LogP contribution in [0.4, 0.5) is 4.39 Å². The van der Waals surface area contributed by atoms with E-state index < -0.39 is 17.7 Å². The predicted octanol–water partition coefficient (Wildman–Crippen LogP) is 12.9. The van der Waals surface area contributed by atoms with Crippen LogP contribution >= 0.6 is 11.8 Å². The molecule has 1 amide bonds. The number of fused-ring (bicyclic) bond motifs is 2. The number of unbranched alkanes of at least 4 members (excludes halogenated alkanes) is 10. The number of thioether (sulfide) groups is 1. The van der Waals surface area contributed by atoms with Crippen molar-refractivity contribution in [3.8, 4) is 17.2 Å². The Labute approximate surface area is 398 Å². The second-order valence-corrected chi connectivity index (χ2v) is 19.1. The van der Waals surface area contributed by atoms with E-state index in [-0.39, 0.29) is 55.8 Å². The zero-order chi connectivity index (χ0) is 46.7. The number of benzene rings is 3. The lowest BCUT2D eigenvalue weighted by atomic mass is 9.55. The number of halogens is 1. The Morgan fingerprint density at radius 3 is 2.24 bits per heavy atom. The number of carbonyl (C=O) groups is 1. The van der Waals surface area contributed by atoms with Gasteiger partial charge in [0.25, 0.3) is 0 Å². The Balaban J connectivity index is 1.49. The minimum absolute atomic E-state index is 0.0172. The molecule has 0 bridgehead atoms. The smallest absolute Gasteiger partial charge is 0.239 e. The molecule has 1 fully saturated rings. The normalized spacial score (nSPS) is 22.5. The van der Waals surface area contributed by atoms with Crippen LogP contribution in [0.3, 0.4) is 0 Å². The number of rotatable bonds is 29. The van der Waals surface area contributed by atoms with Crippen molar-refractivity contribution < 1.29 is 38.4 Å². The monoisotopic (exact) mass is 927 g/mol. The van der Waals surface area contributed by atoms with Gasteiger partial charge < -0.3 is 34.2 Å². The molecule has 1 heterocycles. The third-order valence-corrected chi connectivity index (χ3v) is 14.4. The van der Waals surface area contributed by atoms with Crippen LogP contribution in [-0.4, -0.2) is 71.2 Å². The number of hydrogen-bond acceptors (Lipinski definition) is 9. The zero-order valence-corrected chi connectivity index (χ0v) is 40.6. The third kappa shape index (κ3) is 13.1. The van der Waals surface area contributed by atoms with Gasteiger partial charge in [-0.25, -0.2) is 4.39 Å². The van der Waals surface area contributed by atoms with Crippen molar-refractivity contribution in [1.82, 2.24) is 4.90 Å². The van der Waals surface area contributed by atoms with E-state index in [1.165, 1.54) is 50.7 Å². The van der Waals surface area contributed by atoms with Crippen LogP contribution in [0.15, 0.2) is 101 Å². The Hall–Kier alpha value is -4.16. The lowest BCUT2D eigenvalue weighted by molar-refractivity contribution is -0.258. The number of allylic oxidation sites excluding steroid dienone is 1. The van der Waals surface area contributed by atoms with E-state index in [2.05, 4.69) is 44.0 Å². The fraction of sp³-hybridized carbons (Fsp3) is 0.564. The number of aliphatic hydroxyl groups is 2. The van der Waals surface area contributed by atoms with Gasteiger partial charge in [-0.3, -0.25) is 4.79 Å². The summed E-state index contributed by atoms with van der Waals surface area (Å²) >= 11 is 1.68. The molecule has 6 rings (SSSR count). The van der Waals surface area contributed by atoms with Gasteiger partial charge in [-0.15, -0.1) is 18.3 Å². The van der Waals surface area contributed by atoms with Gasteiger partial charge in [0.05, 0.1) is 18.2 Å². The van der Waals surface area contributed by atoms with Crippen molar-refractivity contribution in [2.24, 2.45) is 22.9 Å². The number of nitrogens with zero attached hydrogens (tertiary/aromatic N) is 2. The molecule has 11 heteroatoms. The lowest BCUT2D eigenvalue weighted by Crippen LogP contribution is -2.70. The van der Waals surface area contributed by atoms with Gasteiger partial charge in [0.1, 0.15) is 35.7 Å². The fourth-order valence-corrected chi connectivity index (χ4v) is 10.9. The van der Waals surface area contributed by atoms with E-state index in [4.69, 9.17) is 24.2 Å². The van der Waals surface area contributed by atoms with Crippen molar-refractivity contribution in [2.75, 3.05) is 32.7 Å². The molecule has 3 aromatic carbocycles. The molecule has 3 aliphatic rings. The maximum Gasteiger partial charge on any atom is 0.239 e. The first kappa shape index (κ1) is 51.2. The molecule has 2 N–H and O–H groups in total. The molecular weight excluding hydrogens is 852 g/mol. The highest BCUT2D eigenvalue weighted by atomic mass is 32.2. The van der Waals surface area contributed by atoms with Crippen LogP contribution in [-0.2, 0) is 20.9 Å². The van der Waals surface area contributed by atoms with E-state index in [0.29, 0.717) is 43.8 Å². The van der Waals surface area contributed by atoms with E-state index >= 15 is 4.79 Å². The van der Waals surface area contributed by atoms with E-state index in [9.17, 15) is 14.6 Å². The van der Waals surface area contributed by atoms with Crippen molar-refractivity contribution >= 4 is 23.4 Å². The lowest BCUT2D eigenvalue weighted by Gasteiger charge is -2.60. The minimum Gasteiger partial charge on any atom is -0.459 e. The molecule has 2 aliphatic carbocycles. The maximum absolute atomic E-state index is 15.1. The van der Waals surface area contributed by atoms with Crippen LogP contribution in [0, 0.1) is 23.6 Å². The predicted molar refractivity (Wildman–Crippen MR) is 264 cm³/mol. The van der Waals surface area contributed by atoms with Crippen LogP contribution in [0.25, 0.3) is 0 Å². The summed E-state index contributed by atoms with van der Waals surface area (Å²) < 4.78 is 35.6. The highest BCUT2D eigenvalue weighted by Gasteiger charge is 2.65. The van der Waals surface area contributed by atoms with Gasteiger partial charge in [-0.2, -0.15) is 0 Å². The van der Waals surface area contributed by atoms with Gasteiger partial charge in [0, 0.05) is 49.0 Å². The summed E-state index contributed by atoms with van der Waals surface area (Å²) in [6.07, 6.45) is 21.7. The Bertz CT molecular complexity index is 2030. The molecule has 0 saturated heterocycles. The molecule has 0 radical (unpaired) electrons. The maximum atomic E-state index is 15.1. The number of oxime groups is 1. The summed E-state index contributed by atoms with van der Waals surface area (Å²) in [6.45, 7) is 9.21. The molecule has 1 saturated carbocycles. The van der Waals surface area contributed by atoms with Crippen LogP contribution in [0.5, 0.6) is 17.2 Å². The van der Waals surface area contributed by atoms with Crippen molar-refractivity contribution in [3.63, 3.8) is 0 Å². The van der Waals surface area contributed by atoms with Gasteiger partial charge in [0.15, 0.2) is 0 Å². The number of aliphatic hydroxyl groups excluding tert-OH is 2. The number of hydrogen-bond donors (Lipinski definition) is 2. The van der Waals surface area contributed by atoms with Crippen molar-refractivity contribution in [1.29, 1.82) is 0 Å². The molecule has 6 unspecified atom stereocenters. The molecular formula is C55H75FN2O7S. The average molecular weight is 927 g/mol. The fourth-order valence-electron chi connectivity index (χ4n) is 10.5. The molecule has 360 valence electrons. The largest absolute Gasteiger partial charge is 0.459 e. The first-order valence-electron chi connectivity index (χ1n) is 24.9. The van der Waals surface area contributed by atoms with E-state index in [1.54, 1.807) is 30.0 Å². The molecule has 6 atom stereocenters. The Morgan fingerprint density at radius 2 is 1.58 bits per heavy atom. The Kier molecular flexibility index (Phi) is 20.5. The van der Waals surface area contributed by atoms with Crippen molar-refractivity contribution in [3.05, 3.63) is 108 Å². The van der Waals surface area contributed by atoms with E-state index in [1.807, 2.05) is 36.1 Å². The number of amides is 1. The van der Waals surface area contributed by atoms with Crippen LogP contribution in [0.1, 0.15) is 140 Å². The molecule has 66 heavy (non-hydrogen) atoms. The van der Waals surface area contributed by atoms with Gasteiger partial charge >= 0.3 is 0 Å². The zero-order valence-electron chi connectivity index (χ0n) is 39.8. The number of ether oxygens (including phenoxy) is 3. The summed E-state index contributed by atoms with van der Waals surface area (Å²) in [5, 5.41) is 24.8. The highest BCUT2D eigenvalue weighted by Crippen LogP contribution is 2.62. The first-order valence-corrected chi connectivity index (χ1v) is 26.1. The second-order valence-electron chi connectivity index (χ2n) is 18.2. The standard InChI is InChI=1S/C55H75FN2O7S/c1-5-8-9-10-11-12-13-14-15-22-52(61)58(39-40-23-25-42(56)26-24-40)51-38-49(57-63-7-3)47-36-41(20-16-18-33-59)46(21-17-19-34-60)53-48-37-44(64-43-27-30-45(66-4)31-28-43)29-32-50(48)65-55(51,54(47)53)62-35-6-2/h6,23-32,36-37,41,46,51,53-54,59-60H,2,5,7-22,33-35,38-39H2,1,3-4H3. The quantitative estimate of drug-likeness (QED) is 0.0307. The summed E-state index contributed by atoms with van der Waals surface area (Å²) in [5.41, 5.74) is 3.53. The molecule has 0 aromatic heterocycles. The topological polar surface area (TPSA) is 110 Å². The molecule has 1 aliphatic heterocycles. The summed E-state index contributed by atoms with van der Waals surface area (Å²) in [5.74, 6) is -0.128. The summed E-state index contributed by atoms with van der Waals surface area (Å²) in [4.78, 5) is 24.1. The molecule has 3 aromatic rings. The SMILES string of the molecule is C=CCOC12Oc3ccc(Oc4ccc(SC)cc4)cc3C3C(CCCCO)C(CCCCO)C=C(C(=NOCC)CC1N(Cc1ccc(F)cc1)C(=O)CCCCCCCCCCC)C32. The van der Waals surface area contributed by atoms with Gasteiger partial charge in [-0.1, -0.05) is 101 Å². The van der Waals surface area contributed by atoms with Gasteiger partial charge in [0.2, 0.25) is 11.7 Å². The molecule has 0 spiro atoms. The minimum atomic E-state index is -1.39. The second kappa shape index (κ2) is 26.4. The summed E-state index contributed by atoms with van der Waals surface area (Å²) in [7, 11) is 0. The molecule has 9 nitrogen and oxygen atoms in total. The highest BCUT2D eigenvalue weighted by molar-refractivity contribution is 7.98. The van der Waals surface area contributed by atoms with Gasteiger partial charge in [-0.05, 0) is 123 Å².